The number of aliphatic hydroxyl groups excluding tert-OH is 1. The van der Waals surface area contributed by atoms with E-state index in [1.807, 2.05) is 6.92 Å². The van der Waals surface area contributed by atoms with Crippen LogP contribution < -0.4 is 5.32 Å². The predicted molar refractivity (Wildman–Crippen MR) is 77.7 cm³/mol. The molecule has 1 atom stereocenters. The van der Waals surface area contributed by atoms with Gasteiger partial charge in [0, 0.05) is 29.1 Å². The van der Waals surface area contributed by atoms with Crippen LogP contribution in [-0.2, 0) is 4.79 Å². The van der Waals surface area contributed by atoms with Crippen molar-refractivity contribution in [3.8, 4) is 0 Å². The van der Waals surface area contributed by atoms with Gasteiger partial charge in [0.15, 0.2) is 17.7 Å². The highest BCUT2D eigenvalue weighted by Gasteiger charge is 2.35. The predicted octanol–water partition coefficient (Wildman–Crippen LogP) is 1.85. The van der Waals surface area contributed by atoms with Crippen LogP contribution in [0.15, 0.2) is 24.3 Å². The Labute approximate surface area is 120 Å². The molecule has 5 heteroatoms. The van der Waals surface area contributed by atoms with Crippen molar-refractivity contribution in [1.29, 1.82) is 0 Å². The normalized spacial score (nSPS) is 17.2. The van der Waals surface area contributed by atoms with Crippen molar-refractivity contribution in [2.24, 2.45) is 0 Å². The van der Waals surface area contributed by atoms with E-state index in [-0.39, 0.29) is 11.5 Å². The molecule has 0 spiro atoms. The van der Waals surface area contributed by atoms with Gasteiger partial charge >= 0.3 is 0 Å². The Morgan fingerprint density at radius 2 is 1.86 bits per heavy atom. The minimum Gasteiger partial charge on any atom is -0.377 e. The Hall–Kier alpha value is -2.53. The maximum absolute atomic E-state index is 12.2. The van der Waals surface area contributed by atoms with Gasteiger partial charge in [-0.15, -0.1) is 0 Å². The van der Waals surface area contributed by atoms with E-state index in [2.05, 4.69) is 5.32 Å². The molecule has 21 heavy (non-hydrogen) atoms. The first-order valence-electron chi connectivity index (χ1n) is 6.52. The molecule has 106 valence electrons. The molecular weight excluding hydrogens is 270 g/mol. The summed E-state index contributed by atoms with van der Waals surface area (Å²) < 4.78 is 0. The number of aryl methyl sites for hydroxylation is 1. The number of ketones is 2. The van der Waals surface area contributed by atoms with Crippen LogP contribution in [0.1, 0.15) is 33.2 Å². The van der Waals surface area contributed by atoms with E-state index in [0.717, 1.165) is 10.9 Å². The Balaban J connectivity index is 2.42. The van der Waals surface area contributed by atoms with Gasteiger partial charge in [0.05, 0.1) is 0 Å². The number of anilines is 1. The molecule has 0 saturated heterocycles. The number of carbonyl (C=O) groups is 3. The van der Waals surface area contributed by atoms with Crippen LogP contribution in [0.5, 0.6) is 0 Å². The third-order valence-corrected chi connectivity index (χ3v) is 3.77. The molecular formula is C16H13NO4. The average Bonchev–Trinajstić information content (AvgIpc) is 2.45. The van der Waals surface area contributed by atoms with E-state index in [0.29, 0.717) is 16.6 Å². The number of aliphatic hydroxyl groups is 1. The molecule has 2 N–H and O–H groups in total. The summed E-state index contributed by atoms with van der Waals surface area (Å²) >= 11 is 0. The Bertz CT molecular complexity index is 823. The van der Waals surface area contributed by atoms with E-state index in [1.54, 1.807) is 18.2 Å². The maximum Gasteiger partial charge on any atom is 0.221 e. The fraction of sp³-hybridized carbons (Fsp3) is 0.188. The van der Waals surface area contributed by atoms with Crippen molar-refractivity contribution in [3.05, 3.63) is 41.0 Å². The lowest BCUT2D eigenvalue weighted by molar-refractivity contribution is -0.114. The summed E-state index contributed by atoms with van der Waals surface area (Å²) in [6.45, 7) is 3.19. The third kappa shape index (κ3) is 1.86. The van der Waals surface area contributed by atoms with Crippen LogP contribution in [0.25, 0.3) is 10.8 Å². The quantitative estimate of drug-likeness (QED) is 0.782. The number of benzene rings is 2. The zero-order chi connectivity index (χ0) is 15.3. The highest BCUT2D eigenvalue weighted by molar-refractivity contribution is 6.31. The molecule has 5 nitrogen and oxygen atoms in total. The highest BCUT2D eigenvalue weighted by atomic mass is 16.3. The molecule has 1 unspecified atom stereocenters. The van der Waals surface area contributed by atoms with E-state index in [4.69, 9.17) is 0 Å². The molecule has 1 aliphatic rings. The van der Waals surface area contributed by atoms with Crippen molar-refractivity contribution in [2.75, 3.05) is 5.32 Å². The molecule has 1 amide bonds. The van der Waals surface area contributed by atoms with E-state index in [9.17, 15) is 19.5 Å². The number of Topliss-reactive ketones (excluding diaryl/α,β-unsaturated/α-hetero) is 2. The van der Waals surface area contributed by atoms with E-state index < -0.39 is 17.7 Å². The van der Waals surface area contributed by atoms with Crippen molar-refractivity contribution >= 4 is 33.9 Å². The molecule has 0 aromatic heterocycles. The van der Waals surface area contributed by atoms with Gasteiger partial charge < -0.3 is 10.4 Å². The minimum absolute atomic E-state index is 0.249. The van der Waals surface area contributed by atoms with Crippen LogP contribution >= 0.6 is 0 Å². The largest absolute Gasteiger partial charge is 0.377 e. The number of hydrogen-bond acceptors (Lipinski definition) is 4. The number of rotatable bonds is 1. The van der Waals surface area contributed by atoms with Gasteiger partial charge in [-0.3, -0.25) is 14.4 Å². The zero-order valence-corrected chi connectivity index (χ0v) is 11.6. The molecule has 0 bridgehead atoms. The summed E-state index contributed by atoms with van der Waals surface area (Å²) in [5.74, 6) is -1.46. The first-order valence-corrected chi connectivity index (χ1v) is 6.52. The van der Waals surface area contributed by atoms with E-state index >= 15 is 0 Å². The average molecular weight is 283 g/mol. The molecule has 0 fully saturated rings. The van der Waals surface area contributed by atoms with Gasteiger partial charge in [-0.1, -0.05) is 18.2 Å². The molecule has 0 heterocycles. The van der Waals surface area contributed by atoms with Gasteiger partial charge in [-0.2, -0.15) is 0 Å². The second-order valence-electron chi connectivity index (χ2n) is 5.14. The lowest BCUT2D eigenvalue weighted by atomic mass is 9.83. The van der Waals surface area contributed by atoms with Crippen LogP contribution in [0.4, 0.5) is 5.69 Å². The summed E-state index contributed by atoms with van der Waals surface area (Å²) in [6.07, 6.45) is -1.67. The lowest BCUT2D eigenvalue weighted by Gasteiger charge is -2.22. The second kappa shape index (κ2) is 4.49. The van der Waals surface area contributed by atoms with Crippen molar-refractivity contribution in [2.45, 2.75) is 20.0 Å². The smallest absolute Gasteiger partial charge is 0.221 e. The van der Waals surface area contributed by atoms with Gasteiger partial charge in [0.2, 0.25) is 5.91 Å². The first kappa shape index (κ1) is 13.5. The molecule has 1 aliphatic carbocycles. The fourth-order valence-electron chi connectivity index (χ4n) is 2.76. The van der Waals surface area contributed by atoms with Crippen LogP contribution in [-0.4, -0.2) is 28.7 Å². The summed E-state index contributed by atoms with van der Waals surface area (Å²) in [6, 6.07) is 6.62. The molecule has 0 saturated carbocycles. The SMILES string of the molecule is CC(=O)Nc1cc2c3c(cccc3c1C)C(=O)C(O)C2=O. The van der Waals surface area contributed by atoms with Crippen molar-refractivity contribution in [1.82, 2.24) is 0 Å². The zero-order valence-electron chi connectivity index (χ0n) is 11.6. The standard InChI is InChI=1S/C16H13NO4/c1-7-9-4-3-5-10-13(9)11(6-12(7)17-8(2)18)15(20)16(21)14(10)19/h3-6,16,21H,1-2H3,(H,17,18). The topological polar surface area (TPSA) is 83.5 Å². The highest BCUT2D eigenvalue weighted by Crippen LogP contribution is 2.35. The lowest BCUT2D eigenvalue weighted by Crippen LogP contribution is -2.34. The Morgan fingerprint density at radius 3 is 2.52 bits per heavy atom. The van der Waals surface area contributed by atoms with E-state index in [1.165, 1.54) is 13.0 Å². The molecule has 2 aromatic carbocycles. The second-order valence-corrected chi connectivity index (χ2v) is 5.14. The van der Waals surface area contributed by atoms with Gasteiger partial charge in [0.1, 0.15) is 0 Å². The summed E-state index contributed by atoms with van der Waals surface area (Å²) in [5.41, 5.74) is 1.90. The Morgan fingerprint density at radius 1 is 1.19 bits per heavy atom. The molecule has 0 aliphatic heterocycles. The monoisotopic (exact) mass is 283 g/mol. The summed E-state index contributed by atoms with van der Waals surface area (Å²) in [4.78, 5) is 35.5. The van der Waals surface area contributed by atoms with Gasteiger partial charge in [-0.05, 0) is 23.9 Å². The summed E-state index contributed by atoms with van der Waals surface area (Å²) in [7, 11) is 0. The third-order valence-electron chi connectivity index (χ3n) is 3.77. The number of hydrogen-bond donors (Lipinski definition) is 2. The van der Waals surface area contributed by atoms with Crippen LogP contribution in [0, 0.1) is 6.92 Å². The van der Waals surface area contributed by atoms with Crippen LogP contribution in [0.2, 0.25) is 0 Å². The molecule has 0 radical (unpaired) electrons. The first-order chi connectivity index (χ1) is 9.91. The molecule has 3 rings (SSSR count). The van der Waals surface area contributed by atoms with Crippen LogP contribution in [0.3, 0.4) is 0 Å². The maximum atomic E-state index is 12.2. The number of nitrogens with one attached hydrogen (secondary N) is 1. The summed E-state index contributed by atoms with van der Waals surface area (Å²) in [5, 5.41) is 13.7. The Kier molecular flexibility index (Phi) is 2.88. The molecule has 2 aromatic rings. The number of carbonyl (C=O) groups excluding carboxylic acids is 3. The fourth-order valence-corrected chi connectivity index (χ4v) is 2.76. The van der Waals surface area contributed by atoms with Crippen molar-refractivity contribution in [3.63, 3.8) is 0 Å². The number of amides is 1. The van der Waals surface area contributed by atoms with Gasteiger partial charge in [-0.25, -0.2) is 0 Å². The van der Waals surface area contributed by atoms with Crippen molar-refractivity contribution < 1.29 is 19.5 Å². The minimum atomic E-state index is -1.67. The van der Waals surface area contributed by atoms with Gasteiger partial charge in [0.25, 0.3) is 0 Å².